The molecule has 25 heavy (non-hydrogen) atoms. The second-order valence-electron chi connectivity index (χ2n) is 6.08. The molecule has 0 aliphatic carbocycles. The van der Waals surface area contributed by atoms with Gasteiger partial charge in [0, 0.05) is 42.6 Å². The molecule has 2 aromatic heterocycles. The Balaban J connectivity index is 1.47. The number of nitrogens with zero attached hydrogens (tertiary/aromatic N) is 4. The highest BCUT2D eigenvalue weighted by Crippen LogP contribution is 2.29. The summed E-state index contributed by atoms with van der Waals surface area (Å²) in [6.07, 6.45) is 4.64. The standard InChI is InChI=1S/C18H19N5O2/c24-17-10-14(23-9-1-7-20-23)2-3-15(17)16-4-5-18(22-21-16)25-12-13-6-8-19-11-13/h1-5,7,9-10,13,19,24H,6,8,11-12H2/t13-/m0/s1. The average molecular weight is 337 g/mol. The maximum absolute atomic E-state index is 10.3. The summed E-state index contributed by atoms with van der Waals surface area (Å²) in [4.78, 5) is 0. The zero-order valence-electron chi connectivity index (χ0n) is 13.7. The zero-order chi connectivity index (χ0) is 17.1. The molecule has 1 atom stereocenters. The molecule has 0 amide bonds. The molecule has 0 saturated carbocycles. The predicted octanol–water partition coefficient (Wildman–Crippen LogP) is 2.02. The summed E-state index contributed by atoms with van der Waals surface area (Å²) >= 11 is 0. The molecule has 1 aliphatic heterocycles. The average Bonchev–Trinajstić information content (AvgIpc) is 3.34. The molecule has 7 nitrogen and oxygen atoms in total. The molecular formula is C18H19N5O2. The number of phenols is 1. The molecule has 1 aromatic carbocycles. The van der Waals surface area contributed by atoms with Crippen LogP contribution < -0.4 is 10.1 Å². The summed E-state index contributed by atoms with van der Waals surface area (Å²) in [5, 5.41) is 26.1. The third-order valence-electron chi connectivity index (χ3n) is 4.30. The Kier molecular flexibility index (Phi) is 4.30. The molecule has 0 radical (unpaired) electrons. The second kappa shape index (κ2) is 6.90. The van der Waals surface area contributed by atoms with Crippen molar-refractivity contribution in [2.75, 3.05) is 19.7 Å². The SMILES string of the molecule is Oc1cc(-n2cccn2)ccc1-c1ccc(OC[C@H]2CCNC2)nn1. The summed E-state index contributed by atoms with van der Waals surface area (Å²) in [5.41, 5.74) is 2.00. The van der Waals surface area contributed by atoms with Crippen molar-refractivity contribution in [2.24, 2.45) is 5.92 Å². The van der Waals surface area contributed by atoms with Crippen LogP contribution in [0.2, 0.25) is 0 Å². The summed E-state index contributed by atoms with van der Waals surface area (Å²) in [6, 6.07) is 10.8. The zero-order valence-corrected chi connectivity index (χ0v) is 13.7. The van der Waals surface area contributed by atoms with E-state index < -0.39 is 0 Å². The Morgan fingerprint density at radius 1 is 1.24 bits per heavy atom. The van der Waals surface area contributed by atoms with Crippen LogP contribution in [0.15, 0.2) is 48.8 Å². The van der Waals surface area contributed by atoms with Gasteiger partial charge in [0.15, 0.2) is 0 Å². The Morgan fingerprint density at radius 2 is 2.20 bits per heavy atom. The van der Waals surface area contributed by atoms with Crippen molar-refractivity contribution in [3.63, 3.8) is 0 Å². The van der Waals surface area contributed by atoms with E-state index >= 15 is 0 Å². The van der Waals surface area contributed by atoms with Crippen molar-refractivity contribution in [1.82, 2.24) is 25.3 Å². The van der Waals surface area contributed by atoms with Crippen LogP contribution in [0.5, 0.6) is 11.6 Å². The van der Waals surface area contributed by atoms with Gasteiger partial charge in [0.2, 0.25) is 5.88 Å². The van der Waals surface area contributed by atoms with Crippen LogP contribution >= 0.6 is 0 Å². The number of benzene rings is 1. The Morgan fingerprint density at radius 3 is 2.88 bits per heavy atom. The van der Waals surface area contributed by atoms with Crippen LogP contribution in [0, 0.1) is 5.92 Å². The van der Waals surface area contributed by atoms with Gasteiger partial charge in [0.1, 0.15) is 5.75 Å². The number of aromatic nitrogens is 4. The number of aromatic hydroxyl groups is 1. The van der Waals surface area contributed by atoms with E-state index in [-0.39, 0.29) is 5.75 Å². The molecule has 0 unspecified atom stereocenters. The van der Waals surface area contributed by atoms with Crippen LogP contribution in [0.4, 0.5) is 0 Å². The van der Waals surface area contributed by atoms with Gasteiger partial charge in [-0.3, -0.25) is 0 Å². The van der Waals surface area contributed by atoms with Crippen LogP contribution in [0.3, 0.4) is 0 Å². The third kappa shape index (κ3) is 3.46. The van der Waals surface area contributed by atoms with E-state index in [9.17, 15) is 5.11 Å². The lowest BCUT2D eigenvalue weighted by Crippen LogP contribution is -2.16. The number of hydrogen-bond acceptors (Lipinski definition) is 6. The number of phenolic OH excluding ortho intramolecular Hbond substituents is 1. The normalized spacial score (nSPS) is 16.9. The maximum atomic E-state index is 10.3. The van der Waals surface area contributed by atoms with Crippen LogP contribution in [0.1, 0.15) is 6.42 Å². The molecule has 2 N–H and O–H groups in total. The van der Waals surface area contributed by atoms with Crippen molar-refractivity contribution in [3.05, 3.63) is 48.8 Å². The van der Waals surface area contributed by atoms with Gasteiger partial charge in [0.05, 0.1) is 18.0 Å². The Hall–Kier alpha value is -2.93. The summed E-state index contributed by atoms with van der Waals surface area (Å²) in [5.74, 6) is 1.16. The van der Waals surface area contributed by atoms with E-state index in [1.165, 1.54) is 0 Å². The van der Waals surface area contributed by atoms with Crippen molar-refractivity contribution in [2.45, 2.75) is 6.42 Å². The predicted molar refractivity (Wildman–Crippen MR) is 92.7 cm³/mol. The molecule has 1 fully saturated rings. The first-order valence-corrected chi connectivity index (χ1v) is 8.30. The quantitative estimate of drug-likeness (QED) is 0.741. The lowest BCUT2D eigenvalue weighted by Gasteiger charge is -2.10. The van der Waals surface area contributed by atoms with Gasteiger partial charge >= 0.3 is 0 Å². The van der Waals surface area contributed by atoms with E-state index in [4.69, 9.17) is 4.74 Å². The summed E-state index contributed by atoms with van der Waals surface area (Å²) in [7, 11) is 0. The largest absolute Gasteiger partial charge is 0.507 e. The van der Waals surface area contributed by atoms with Crippen molar-refractivity contribution < 1.29 is 9.84 Å². The fourth-order valence-corrected chi connectivity index (χ4v) is 2.90. The molecule has 3 heterocycles. The fourth-order valence-electron chi connectivity index (χ4n) is 2.90. The lowest BCUT2D eigenvalue weighted by molar-refractivity contribution is 0.248. The molecule has 1 saturated heterocycles. The van der Waals surface area contributed by atoms with Crippen LogP contribution in [-0.2, 0) is 0 Å². The summed E-state index contributed by atoms with van der Waals surface area (Å²) < 4.78 is 7.38. The van der Waals surface area contributed by atoms with E-state index in [2.05, 4.69) is 20.6 Å². The monoisotopic (exact) mass is 337 g/mol. The van der Waals surface area contributed by atoms with Gasteiger partial charge in [-0.25, -0.2) is 4.68 Å². The van der Waals surface area contributed by atoms with Gasteiger partial charge in [-0.1, -0.05) is 0 Å². The van der Waals surface area contributed by atoms with E-state index in [0.29, 0.717) is 29.7 Å². The highest BCUT2D eigenvalue weighted by Gasteiger charge is 2.15. The first-order chi connectivity index (χ1) is 12.3. The maximum Gasteiger partial charge on any atom is 0.233 e. The molecule has 3 aromatic rings. The lowest BCUT2D eigenvalue weighted by atomic mass is 10.1. The highest BCUT2D eigenvalue weighted by atomic mass is 16.5. The highest BCUT2D eigenvalue weighted by molar-refractivity contribution is 5.68. The number of hydrogen-bond donors (Lipinski definition) is 2. The molecule has 7 heteroatoms. The minimum atomic E-state index is 0.132. The number of rotatable bonds is 5. The van der Waals surface area contributed by atoms with Crippen molar-refractivity contribution in [1.29, 1.82) is 0 Å². The van der Waals surface area contributed by atoms with Gasteiger partial charge in [-0.15, -0.1) is 10.2 Å². The van der Waals surface area contributed by atoms with Crippen LogP contribution in [0.25, 0.3) is 16.9 Å². The minimum absolute atomic E-state index is 0.132. The van der Waals surface area contributed by atoms with Crippen LogP contribution in [-0.4, -0.2) is 44.8 Å². The van der Waals surface area contributed by atoms with Gasteiger partial charge < -0.3 is 15.2 Å². The second-order valence-corrected chi connectivity index (χ2v) is 6.08. The van der Waals surface area contributed by atoms with Gasteiger partial charge in [-0.05, 0) is 37.2 Å². The Labute approximate surface area is 145 Å². The number of nitrogens with one attached hydrogen (secondary N) is 1. The first kappa shape index (κ1) is 15.6. The van der Waals surface area contributed by atoms with Gasteiger partial charge in [0.25, 0.3) is 0 Å². The molecule has 0 spiro atoms. The Bertz CT molecular complexity index is 827. The van der Waals surface area contributed by atoms with Gasteiger partial charge in [-0.2, -0.15) is 5.10 Å². The smallest absolute Gasteiger partial charge is 0.233 e. The molecule has 4 rings (SSSR count). The van der Waals surface area contributed by atoms with Crippen molar-refractivity contribution >= 4 is 0 Å². The molecule has 0 bridgehead atoms. The van der Waals surface area contributed by atoms with E-state index in [0.717, 1.165) is 25.2 Å². The first-order valence-electron chi connectivity index (χ1n) is 8.30. The molecule has 128 valence electrons. The topological polar surface area (TPSA) is 85.1 Å². The summed E-state index contributed by atoms with van der Waals surface area (Å²) in [6.45, 7) is 2.68. The minimum Gasteiger partial charge on any atom is -0.507 e. The molecular weight excluding hydrogens is 318 g/mol. The van der Waals surface area contributed by atoms with E-state index in [1.807, 2.05) is 18.3 Å². The number of ether oxygens (including phenoxy) is 1. The third-order valence-corrected chi connectivity index (χ3v) is 4.30. The van der Waals surface area contributed by atoms with E-state index in [1.54, 1.807) is 35.1 Å². The fraction of sp³-hybridized carbons (Fsp3) is 0.278. The molecule has 1 aliphatic rings. The van der Waals surface area contributed by atoms with Crippen molar-refractivity contribution in [3.8, 4) is 28.6 Å².